The van der Waals surface area contributed by atoms with Crippen LogP contribution in [0.2, 0.25) is 0 Å². The van der Waals surface area contributed by atoms with Crippen molar-refractivity contribution in [2.24, 2.45) is 0 Å². The summed E-state index contributed by atoms with van der Waals surface area (Å²) in [7, 11) is 0. The SMILES string of the molecule is C[C@@H]1N(CCOCCN2c3cc(CO)ccc3C(C)(C)[C@H]2C)c2cc(CO)ccc2C1(C)C. The molecule has 2 aromatic carbocycles. The number of aliphatic hydroxyl groups excluding tert-OH is 2. The van der Waals surface area contributed by atoms with E-state index in [4.69, 9.17) is 4.74 Å². The van der Waals surface area contributed by atoms with Gasteiger partial charge in [-0.3, -0.25) is 0 Å². The molecule has 0 aliphatic carbocycles. The Hall–Kier alpha value is -2.08. The molecule has 0 aromatic heterocycles. The van der Waals surface area contributed by atoms with Gasteiger partial charge in [0, 0.05) is 47.4 Å². The average molecular weight is 453 g/mol. The topological polar surface area (TPSA) is 56.2 Å². The van der Waals surface area contributed by atoms with Gasteiger partial charge in [-0.1, -0.05) is 52.0 Å². The molecule has 0 spiro atoms. The Bertz CT molecular complexity index is 921. The van der Waals surface area contributed by atoms with Crippen LogP contribution in [0, 0.1) is 0 Å². The summed E-state index contributed by atoms with van der Waals surface area (Å²) in [6.07, 6.45) is 0. The third kappa shape index (κ3) is 4.05. The molecule has 2 atom stereocenters. The lowest BCUT2D eigenvalue weighted by molar-refractivity contribution is 0.142. The molecule has 0 fully saturated rings. The largest absolute Gasteiger partial charge is 0.392 e. The fourth-order valence-corrected chi connectivity index (χ4v) is 5.62. The van der Waals surface area contributed by atoms with Gasteiger partial charge in [0.2, 0.25) is 0 Å². The second kappa shape index (κ2) is 8.94. The van der Waals surface area contributed by atoms with Crippen LogP contribution in [0.4, 0.5) is 11.4 Å². The molecule has 0 saturated carbocycles. The van der Waals surface area contributed by atoms with Crippen molar-refractivity contribution in [2.75, 3.05) is 36.1 Å². The Morgan fingerprint density at radius 1 is 0.727 bits per heavy atom. The van der Waals surface area contributed by atoms with Crippen molar-refractivity contribution in [1.82, 2.24) is 0 Å². The number of hydrogen-bond acceptors (Lipinski definition) is 5. The van der Waals surface area contributed by atoms with Crippen LogP contribution in [0.1, 0.15) is 63.8 Å². The number of rotatable bonds is 8. The Kier molecular flexibility index (Phi) is 6.51. The molecule has 0 saturated heterocycles. The van der Waals surface area contributed by atoms with Gasteiger partial charge in [0.1, 0.15) is 0 Å². The normalized spacial score (nSPS) is 22.5. The Labute approximate surface area is 199 Å². The fraction of sp³-hybridized carbons (Fsp3) is 0.571. The smallest absolute Gasteiger partial charge is 0.0682 e. The Morgan fingerprint density at radius 2 is 1.12 bits per heavy atom. The van der Waals surface area contributed by atoms with Crippen molar-refractivity contribution in [3.63, 3.8) is 0 Å². The van der Waals surface area contributed by atoms with E-state index in [0.717, 1.165) is 24.2 Å². The molecular weight excluding hydrogens is 412 g/mol. The highest BCUT2D eigenvalue weighted by molar-refractivity contribution is 5.66. The zero-order valence-electron chi connectivity index (χ0n) is 21.1. The van der Waals surface area contributed by atoms with Crippen molar-refractivity contribution in [1.29, 1.82) is 0 Å². The first-order valence-corrected chi connectivity index (χ1v) is 12.2. The van der Waals surface area contributed by atoms with Gasteiger partial charge in [0.15, 0.2) is 0 Å². The van der Waals surface area contributed by atoms with Crippen LogP contribution in [-0.4, -0.2) is 48.6 Å². The molecule has 2 aromatic rings. The molecule has 0 amide bonds. The molecule has 2 N–H and O–H groups in total. The van der Waals surface area contributed by atoms with Crippen molar-refractivity contribution in [3.8, 4) is 0 Å². The third-order valence-electron chi connectivity index (χ3n) is 8.47. The molecule has 2 heterocycles. The number of nitrogens with zero attached hydrogens (tertiary/aromatic N) is 2. The van der Waals surface area contributed by atoms with Crippen LogP contribution in [0.15, 0.2) is 36.4 Å². The first-order chi connectivity index (χ1) is 15.6. The molecule has 33 heavy (non-hydrogen) atoms. The number of aliphatic hydroxyl groups is 2. The Balaban J connectivity index is 1.38. The standard InChI is InChI=1S/C28H40N2O3/c1-19-27(3,4)23-9-7-21(17-31)15-25(23)29(19)11-13-33-14-12-30-20(2)28(5,6)24-10-8-22(18-32)16-26(24)30/h7-10,15-16,19-20,31-32H,11-14,17-18H2,1-6H3/t19-,20+. The molecule has 2 aliphatic rings. The van der Waals surface area contributed by atoms with E-state index in [1.807, 2.05) is 12.1 Å². The van der Waals surface area contributed by atoms with Crippen molar-refractivity contribution in [3.05, 3.63) is 58.7 Å². The molecular formula is C28H40N2O3. The summed E-state index contributed by atoms with van der Waals surface area (Å²) < 4.78 is 6.15. The van der Waals surface area contributed by atoms with Crippen LogP contribution >= 0.6 is 0 Å². The molecule has 5 heteroatoms. The van der Waals surface area contributed by atoms with E-state index in [9.17, 15) is 10.2 Å². The van der Waals surface area contributed by atoms with E-state index in [0.29, 0.717) is 25.3 Å². The minimum Gasteiger partial charge on any atom is -0.392 e. The van der Waals surface area contributed by atoms with Gasteiger partial charge in [-0.2, -0.15) is 0 Å². The van der Waals surface area contributed by atoms with E-state index in [2.05, 4.69) is 75.6 Å². The van der Waals surface area contributed by atoms with Gasteiger partial charge in [0.25, 0.3) is 0 Å². The highest BCUT2D eigenvalue weighted by Crippen LogP contribution is 2.46. The second-order valence-electron chi connectivity index (χ2n) is 10.8. The van der Waals surface area contributed by atoms with Gasteiger partial charge < -0.3 is 24.7 Å². The van der Waals surface area contributed by atoms with Crippen LogP contribution in [0.5, 0.6) is 0 Å². The maximum Gasteiger partial charge on any atom is 0.0682 e. The highest BCUT2D eigenvalue weighted by atomic mass is 16.5. The molecule has 180 valence electrons. The summed E-state index contributed by atoms with van der Waals surface area (Å²) in [6.45, 7) is 16.9. The lowest BCUT2D eigenvalue weighted by Crippen LogP contribution is -2.42. The number of anilines is 2. The van der Waals surface area contributed by atoms with E-state index >= 15 is 0 Å². The van der Waals surface area contributed by atoms with Gasteiger partial charge in [0.05, 0.1) is 26.4 Å². The summed E-state index contributed by atoms with van der Waals surface area (Å²) >= 11 is 0. The monoisotopic (exact) mass is 452 g/mol. The lowest BCUT2D eigenvalue weighted by atomic mass is 9.81. The van der Waals surface area contributed by atoms with E-state index in [1.165, 1.54) is 22.5 Å². The molecule has 0 bridgehead atoms. The highest BCUT2D eigenvalue weighted by Gasteiger charge is 2.42. The zero-order valence-corrected chi connectivity index (χ0v) is 21.1. The van der Waals surface area contributed by atoms with Gasteiger partial charge in [-0.05, 0) is 48.2 Å². The summed E-state index contributed by atoms with van der Waals surface area (Å²) in [6, 6.07) is 13.4. The number of ether oxygens (including phenoxy) is 1. The summed E-state index contributed by atoms with van der Waals surface area (Å²) in [5.41, 5.74) is 7.17. The van der Waals surface area contributed by atoms with E-state index in [1.54, 1.807) is 0 Å². The molecule has 4 rings (SSSR count). The van der Waals surface area contributed by atoms with E-state index in [-0.39, 0.29) is 24.0 Å². The predicted octanol–water partition coefficient (Wildman–Crippen LogP) is 4.36. The second-order valence-corrected chi connectivity index (χ2v) is 10.8. The van der Waals surface area contributed by atoms with Crippen molar-refractivity contribution in [2.45, 2.75) is 77.7 Å². The summed E-state index contributed by atoms with van der Waals surface area (Å²) in [4.78, 5) is 4.86. The van der Waals surface area contributed by atoms with Crippen LogP contribution in [0.25, 0.3) is 0 Å². The zero-order chi connectivity index (χ0) is 24.0. The van der Waals surface area contributed by atoms with Crippen LogP contribution in [0.3, 0.4) is 0 Å². The maximum atomic E-state index is 9.60. The minimum atomic E-state index is 0.0635. The minimum absolute atomic E-state index is 0.0635. The summed E-state index contributed by atoms with van der Waals surface area (Å²) in [5.74, 6) is 0. The maximum absolute atomic E-state index is 9.60. The number of hydrogen-bond donors (Lipinski definition) is 2. The van der Waals surface area contributed by atoms with Gasteiger partial charge >= 0.3 is 0 Å². The van der Waals surface area contributed by atoms with Crippen LogP contribution in [-0.2, 0) is 28.8 Å². The van der Waals surface area contributed by atoms with Gasteiger partial charge in [-0.25, -0.2) is 0 Å². The van der Waals surface area contributed by atoms with Crippen molar-refractivity contribution >= 4 is 11.4 Å². The molecule has 0 unspecified atom stereocenters. The Morgan fingerprint density at radius 3 is 1.48 bits per heavy atom. The first-order valence-electron chi connectivity index (χ1n) is 12.2. The number of benzene rings is 2. The summed E-state index contributed by atoms with van der Waals surface area (Å²) in [5, 5.41) is 19.2. The lowest BCUT2D eigenvalue weighted by Gasteiger charge is -2.32. The van der Waals surface area contributed by atoms with Crippen molar-refractivity contribution < 1.29 is 14.9 Å². The molecule has 2 aliphatic heterocycles. The third-order valence-corrected chi connectivity index (χ3v) is 8.47. The predicted molar refractivity (Wildman–Crippen MR) is 135 cm³/mol. The van der Waals surface area contributed by atoms with E-state index < -0.39 is 0 Å². The quantitative estimate of drug-likeness (QED) is 0.583. The molecule has 0 radical (unpaired) electrons. The first kappa shape index (κ1) is 24.1. The number of fused-ring (bicyclic) bond motifs is 2. The van der Waals surface area contributed by atoms with Gasteiger partial charge in [-0.15, -0.1) is 0 Å². The molecule has 5 nitrogen and oxygen atoms in total. The average Bonchev–Trinajstić information content (AvgIpc) is 3.11. The fourth-order valence-electron chi connectivity index (χ4n) is 5.62. The van der Waals surface area contributed by atoms with Crippen LogP contribution < -0.4 is 9.80 Å².